The van der Waals surface area contributed by atoms with Crippen molar-refractivity contribution in [2.45, 2.75) is 26.1 Å². The first kappa shape index (κ1) is 24.8. The summed E-state index contributed by atoms with van der Waals surface area (Å²) >= 11 is 6.56. The predicted octanol–water partition coefficient (Wildman–Crippen LogP) is 5.56. The number of fused-ring (bicyclic) bond motifs is 1. The summed E-state index contributed by atoms with van der Waals surface area (Å²) in [6, 6.07) is 10.6. The van der Waals surface area contributed by atoms with Crippen LogP contribution in [-0.4, -0.2) is 51.9 Å². The largest absolute Gasteiger partial charge is 0.495 e. The van der Waals surface area contributed by atoms with Crippen LogP contribution in [-0.2, 0) is 11.8 Å². The Morgan fingerprint density at radius 3 is 2.65 bits per heavy atom. The van der Waals surface area contributed by atoms with Crippen LogP contribution in [0.1, 0.15) is 13.8 Å². The van der Waals surface area contributed by atoms with Crippen LogP contribution in [0.25, 0.3) is 22.2 Å². The van der Waals surface area contributed by atoms with E-state index in [4.69, 9.17) is 21.1 Å². The Kier molecular flexibility index (Phi) is 6.61. The van der Waals surface area contributed by atoms with Crippen molar-refractivity contribution in [3.8, 4) is 17.0 Å². The third-order valence-corrected chi connectivity index (χ3v) is 6.68. The van der Waals surface area contributed by atoms with Gasteiger partial charge in [0.1, 0.15) is 5.75 Å². The first-order valence-corrected chi connectivity index (χ1v) is 12.2. The van der Waals surface area contributed by atoms with Gasteiger partial charge in [0, 0.05) is 55.1 Å². The summed E-state index contributed by atoms with van der Waals surface area (Å²) in [5.74, 6) is 0.665. The zero-order chi connectivity index (χ0) is 26.3. The molecule has 0 spiro atoms. The van der Waals surface area contributed by atoms with Crippen molar-refractivity contribution in [1.29, 1.82) is 0 Å². The van der Waals surface area contributed by atoms with Gasteiger partial charge in [0.15, 0.2) is 0 Å². The second kappa shape index (κ2) is 9.87. The average molecular weight is 523 g/mol. The molecule has 0 saturated carbocycles. The van der Waals surface area contributed by atoms with Gasteiger partial charge in [-0.15, -0.1) is 0 Å². The first-order valence-electron chi connectivity index (χ1n) is 11.9. The summed E-state index contributed by atoms with van der Waals surface area (Å²) in [4.78, 5) is 22.1. The molecule has 1 N–H and O–H groups in total. The number of hydrogen-bond donors (Lipinski definition) is 1. The number of morpholine rings is 1. The van der Waals surface area contributed by atoms with E-state index in [0.717, 1.165) is 35.2 Å². The van der Waals surface area contributed by atoms with Crippen molar-refractivity contribution in [3.05, 3.63) is 63.9 Å². The van der Waals surface area contributed by atoms with E-state index in [1.807, 2.05) is 13.2 Å². The highest BCUT2D eigenvalue weighted by molar-refractivity contribution is 6.33. The van der Waals surface area contributed by atoms with E-state index in [2.05, 4.69) is 56.8 Å². The Labute approximate surface area is 218 Å². The Balaban J connectivity index is 1.51. The van der Waals surface area contributed by atoms with Gasteiger partial charge in [-0.1, -0.05) is 17.7 Å². The lowest BCUT2D eigenvalue weighted by atomic mass is 10.1. The lowest BCUT2D eigenvalue weighted by Gasteiger charge is -2.36. The lowest BCUT2D eigenvalue weighted by Crippen LogP contribution is -2.45. The molecule has 0 aliphatic carbocycles. The molecule has 37 heavy (non-hydrogen) atoms. The molecule has 1 saturated heterocycles. The van der Waals surface area contributed by atoms with Gasteiger partial charge in [0.2, 0.25) is 5.95 Å². The van der Waals surface area contributed by atoms with E-state index in [1.165, 1.54) is 31.5 Å². The lowest BCUT2D eigenvalue weighted by molar-refractivity contribution is -0.384. The molecule has 11 heteroatoms. The fourth-order valence-electron chi connectivity index (χ4n) is 4.79. The Morgan fingerprint density at radius 2 is 1.95 bits per heavy atom. The van der Waals surface area contributed by atoms with Crippen LogP contribution in [0, 0.1) is 10.1 Å². The summed E-state index contributed by atoms with van der Waals surface area (Å²) in [6.45, 7) is 5.85. The molecule has 2 atom stereocenters. The van der Waals surface area contributed by atoms with Crippen LogP contribution in [0.3, 0.4) is 0 Å². The number of rotatable bonds is 6. The monoisotopic (exact) mass is 522 g/mol. The summed E-state index contributed by atoms with van der Waals surface area (Å²) in [5.41, 5.74) is 3.89. The van der Waals surface area contributed by atoms with Gasteiger partial charge < -0.3 is 24.3 Å². The first-order chi connectivity index (χ1) is 17.7. The molecule has 3 heterocycles. The molecular formula is C26H27ClN6O4. The minimum absolute atomic E-state index is 0.0774. The Hall–Kier alpha value is -3.89. The van der Waals surface area contributed by atoms with Crippen molar-refractivity contribution in [2.75, 3.05) is 30.4 Å². The number of hydrogen-bond acceptors (Lipinski definition) is 8. The second-order valence-electron chi connectivity index (χ2n) is 9.17. The summed E-state index contributed by atoms with van der Waals surface area (Å²) in [6.07, 6.45) is 3.84. The zero-order valence-corrected chi connectivity index (χ0v) is 21.7. The van der Waals surface area contributed by atoms with E-state index in [1.54, 1.807) is 0 Å². The van der Waals surface area contributed by atoms with E-state index in [0.29, 0.717) is 22.2 Å². The molecule has 0 bridgehead atoms. The molecule has 1 fully saturated rings. The third kappa shape index (κ3) is 4.90. The van der Waals surface area contributed by atoms with Gasteiger partial charge in [-0.3, -0.25) is 10.1 Å². The highest BCUT2D eigenvalue weighted by Gasteiger charge is 2.23. The van der Waals surface area contributed by atoms with Crippen LogP contribution in [0.5, 0.6) is 5.75 Å². The van der Waals surface area contributed by atoms with E-state index in [-0.39, 0.29) is 23.8 Å². The number of nitrogens with one attached hydrogen (secondary N) is 1. The maximum absolute atomic E-state index is 11.2. The maximum Gasteiger partial charge on any atom is 0.271 e. The summed E-state index contributed by atoms with van der Waals surface area (Å²) in [7, 11) is 3.48. The van der Waals surface area contributed by atoms with E-state index >= 15 is 0 Å². The summed E-state index contributed by atoms with van der Waals surface area (Å²) in [5, 5.41) is 15.7. The Morgan fingerprint density at radius 1 is 1.19 bits per heavy atom. The van der Waals surface area contributed by atoms with Crippen LogP contribution in [0.4, 0.5) is 23.0 Å². The SMILES string of the molecule is COc1ccc([N+](=O)[O-])cc1Nc1ncc(Cl)c(-c2cn(C)c3cc(N4CC(C)OC(C)C4)ccc23)n1. The van der Waals surface area contributed by atoms with Crippen LogP contribution in [0.2, 0.25) is 5.02 Å². The highest BCUT2D eigenvalue weighted by Crippen LogP contribution is 2.37. The highest BCUT2D eigenvalue weighted by atomic mass is 35.5. The quantitative estimate of drug-likeness (QED) is 0.259. The molecular weight excluding hydrogens is 496 g/mol. The number of halogens is 1. The van der Waals surface area contributed by atoms with Crippen molar-refractivity contribution in [1.82, 2.24) is 14.5 Å². The van der Waals surface area contributed by atoms with Gasteiger partial charge in [0.25, 0.3) is 5.69 Å². The molecule has 4 aromatic rings. The topological polar surface area (TPSA) is 108 Å². The molecule has 5 rings (SSSR count). The molecule has 1 aliphatic rings. The van der Waals surface area contributed by atoms with Gasteiger partial charge in [-0.25, -0.2) is 9.97 Å². The molecule has 0 amide bonds. The zero-order valence-electron chi connectivity index (χ0n) is 20.9. The number of ether oxygens (including phenoxy) is 2. The van der Waals surface area contributed by atoms with Crippen molar-refractivity contribution < 1.29 is 14.4 Å². The number of anilines is 3. The number of nitro groups is 1. The molecule has 2 aromatic carbocycles. The smallest absolute Gasteiger partial charge is 0.271 e. The minimum atomic E-state index is -0.471. The van der Waals surface area contributed by atoms with Gasteiger partial charge >= 0.3 is 0 Å². The second-order valence-corrected chi connectivity index (χ2v) is 9.58. The van der Waals surface area contributed by atoms with Crippen molar-refractivity contribution in [2.24, 2.45) is 7.05 Å². The van der Waals surface area contributed by atoms with Crippen molar-refractivity contribution in [3.63, 3.8) is 0 Å². The summed E-state index contributed by atoms with van der Waals surface area (Å²) < 4.78 is 13.3. The predicted molar refractivity (Wildman–Crippen MR) is 144 cm³/mol. The van der Waals surface area contributed by atoms with E-state index in [9.17, 15) is 10.1 Å². The average Bonchev–Trinajstić information content (AvgIpc) is 3.20. The molecule has 2 aromatic heterocycles. The number of non-ortho nitro benzene ring substituents is 1. The molecule has 192 valence electrons. The normalized spacial score (nSPS) is 17.7. The molecule has 0 radical (unpaired) electrons. The van der Waals surface area contributed by atoms with E-state index < -0.39 is 4.92 Å². The van der Waals surface area contributed by atoms with Crippen LogP contribution < -0.4 is 15.0 Å². The standard InChI is InChI=1S/C26H27ClN6O4/c1-15-12-32(13-16(2)37-15)17-5-7-19-20(14-31(3)23(19)10-17)25-21(27)11-28-26(30-25)29-22-9-18(33(34)35)6-8-24(22)36-4/h5-11,14-16H,12-13H2,1-4H3,(H,28,29,30). The third-order valence-electron chi connectivity index (χ3n) is 6.40. The number of methoxy groups -OCH3 is 1. The fourth-order valence-corrected chi connectivity index (χ4v) is 4.98. The van der Waals surface area contributed by atoms with Crippen molar-refractivity contribution >= 4 is 45.5 Å². The van der Waals surface area contributed by atoms with Crippen LogP contribution in [0.15, 0.2) is 48.8 Å². The number of benzene rings is 2. The van der Waals surface area contributed by atoms with Crippen LogP contribution >= 0.6 is 11.6 Å². The molecule has 1 aliphatic heterocycles. The Bertz CT molecular complexity index is 1480. The molecule has 10 nitrogen and oxygen atoms in total. The number of aromatic nitrogens is 3. The maximum atomic E-state index is 11.2. The number of aryl methyl sites for hydroxylation is 1. The van der Waals surface area contributed by atoms with Gasteiger partial charge in [-0.05, 0) is 32.0 Å². The van der Waals surface area contributed by atoms with Gasteiger partial charge in [-0.2, -0.15) is 0 Å². The number of nitrogens with zero attached hydrogens (tertiary/aromatic N) is 5. The number of nitro benzene ring substituents is 1. The minimum Gasteiger partial charge on any atom is -0.495 e. The fraction of sp³-hybridized carbons (Fsp3) is 0.308. The van der Waals surface area contributed by atoms with Gasteiger partial charge in [0.05, 0.1) is 52.4 Å². The molecule has 2 unspecified atom stereocenters.